The lowest BCUT2D eigenvalue weighted by molar-refractivity contribution is 0.0691. The highest BCUT2D eigenvalue weighted by molar-refractivity contribution is 7.80. The third-order valence-electron chi connectivity index (χ3n) is 1.25. The Balaban J connectivity index is 3.37. The summed E-state index contributed by atoms with van der Waals surface area (Å²) in [6, 6.07) is 2.28. The van der Waals surface area contributed by atoms with Gasteiger partial charge in [-0.15, -0.1) is 12.6 Å². The lowest BCUT2D eigenvalue weighted by atomic mass is 10.2. The van der Waals surface area contributed by atoms with Gasteiger partial charge in [0.2, 0.25) is 0 Å². The van der Waals surface area contributed by atoms with Crippen LogP contribution >= 0.6 is 24.2 Å². The van der Waals surface area contributed by atoms with Crippen molar-refractivity contribution in [3.63, 3.8) is 0 Å². The van der Waals surface area contributed by atoms with Crippen molar-refractivity contribution < 1.29 is 14.3 Å². The van der Waals surface area contributed by atoms with Crippen LogP contribution in [0, 0.1) is 5.82 Å². The first-order valence-electron chi connectivity index (χ1n) is 2.93. The van der Waals surface area contributed by atoms with E-state index in [4.69, 9.17) is 16.7 Å². The molecule has 0 aliphatic rings. The summed E-state index contributed by atoms with van der Waals surface area (Å²) in [5, 5.41) is 8.63. The summed E-state index contributed by atoms with van der Waals surface area (Å²) in [6.45, 7) is 0. The van der Waals surface area contributed by atoms with Gasteiger partial charge in [0, 0.05) is 9.92 Å². The first-order chi connectivity index (χ1) is 5.52. The second-order valence-electron chi connectivity index (χ2n) is 2.09. The number of hydrogen-bond acceptors (Lipinski definition) is 2. The minimum atomic E-state index is -1.36. The number of halogens is 2. The van der Waals surface area contributed by atoms with Gasteiger partial charge in [-0.1, -0.05) is 11.6 Å². The summed E-state index contributed by atoms with van der Waals surface area (Å²) in [7, 11) is 0. The van der Waals surface area contributed by atoms with Crippen molar-refractivity contribution in [3.05, 3.63) is 28.5 Å². The normalized spacial score (nSPS) is 9.92. The molecule has 2 nitrogen and oxygen atoms in total. The number of aromatic carboxylic acids is 1. The van der Waals surface area contributed by atoms with Crippen molar-refractivity contribution in [2.24, 2.45) is 0 Å². The van der Waals surface area contributed by atoms with Crippen LogP contribution in [0.1, 0.15) is 10.4 Å². The molecule has 0 amide bonds. The summed E-state index contributed by atoms with van der Waals surface area (Å²) in [4.78, 5) is 10.3. The summed E-state index contributed by atoms with van der Waals surface area (Å²) in [6.07, 6.45) is 0. The van der Waals surface area contributed by atoms with E-state index in [9.17, 15) is 9.18 Å². The molecule has 0 saturated carbocycles. The van der Waals surface area contributed by atoms with E-state index in [1.54, 1.807) is 0 Å². The third kappa shape index (κ3) is 1.70. The second-order valence-corrected chi connectivity index (χ2v) is 3.01. The van der Waals surface area contributed by atoms with Crippen LogP contribution in [-0.2, 0) is 0 Å². The second kappa shape index (κ2) is 3.33. The van der Waals surface area contributed by atoms with Crippen LogP contribution in [0.2, 0.25) is 5.02 Å². The maximum Gasteiger partial charge on any atom is 0.338 e. The van der Waals surface area contributed by atoms with E-state index >= 15 is 0 Å². The molecule has 0 atom stereocenters. The number of hydrogen-bond donors (Lipinski definition) is 2. The van der Waals surface area contributed by atoms with E-state index in [2.05, 4.69) is 12.6 Å². The molecule has 0 heterocycles. The lowest BCUT2D eigenvalue weighted by Gasteiger charge is -2.00. The van der Waals surface area contributed by atoms with E-state index in [-0.39, 0.29) is 9.92 Å². The molecule has 0 bridgehead atoms. The van der Waals surface area contributed by atoms with Gasteiger partial charge in [-0.25, -0.2) is 9.18 Å². The van der Waals surface area contributed by atoms with E-state index in [1.165, 1.54) is 6.07 Å². The fourth-order valence-electron chi connectivity index (χ4n) is 0.730. The molecule has 0 saturated heterocycles. The van der Waals surface area contributed by atoms with Crippen molar-refractivity contribution in [1.82, 2.24) is 0 Å². The fraction of sp³-hybridized carbons (Fsp3) is 0. The first-order valence-corrected chi connectivity index (χ1v) is 3.76. The maximum atomic E-state index is 12.9. The molecule has 0 aromatic heterocycles. The molecule has 5 heteroatoms. The smallest absolute Gasteiger partial charge is 0.338 e. The Labute approximate surface area is 78.4 Å². The van der Waals surface area contributed by atoms with Gasteiger partial charge in [0.15, 0.2) is 5.82 Å². The van der Waals surface area contributed by atoms with E-state index in [0.29, 0.717) is 0 Å². The quantitative estimate of drug-likeness (QED) is 0.693. The highest BCUT2D eigenvalue weighted by atomic mass is 35.5. The Hall–Kier alpha value is -0.740. The minimum Gasteiger partial charge on any atom is -0.478 e. The number of rotatable bonds is 1. The SMILES string of the molecule is O=C(O)c1cc(Cl)cc(S)c1F. The van der Waals surface area contributed by atoms with Crippen LogP contribution in [0.5, 0.6) is 0 Å². The zero-order valence-electron chi connectivity index (χ0n) is 5.71. The maximum absolute atomic E-state index is 12.9. The van der Waals surface area contributed by atoms with Crippen LogP contribution in [0.15, 0.2) is 17.0 Å². The molecule has 0 aliphatic heterocycles. The zero-order chi connectivity index (χ0) is 9.30. The first kappa shape index (κ1) is 9.35. The fourth-order valence-corrected chi connectivity index (χ4v) is 1.28. The molecule has 1 N–H and O–H groups in total. The Kier molecular flexibility index (Phi) is 2.59. The molecule has 1 rings (SSSR count). The average molecular weight is 207 g/mol. The zero-order valence-corrected chi connectivity index (χ0v) is 7.36. The Morgan fingerprint density at radius 1 is 1.58 bits per heavy atom. The Morgan fingerprint density at radius 2 is 2.17 bits per heavy atom. The number of carboxylic acid groups (broad SMARTS) is 1. The molecule has 1 aromatic rings. The number of carboxylic acids is 1. The predicted molar refractivity (Wildman–Crippen MR) is 45.6 cm³/mol. The Bertz CT molecular complexity index is 340. The van der Waals surface area contributed by atoms with Crippen molar-refractivity contribution in [3.8, 4) is 0 Å². The predicted octanol–water partition coefficient (Wildman–Crippen LogP) is 2.47. The number of carbonyl (C=O) groups is 1. The number of benzene rings is 1. The molecule has 0 fully saturated rings. The van der Waals surface area contributed by atoms with Gasteiger partial charge >= 0.3 is 5.97 Å². The molecule has 0 spiro atoms. The average Bonchev–Trinajstić information content (AvgIpc) is 1.96. The molecule has 64 valence electrons. The Morgan fingerprint density at radius 3 is 2.67 bits per heavy atom. The summed E-state index contributed by atoms with van der Waals surface area (Å²) >= 11 is 9.20. The van der Waals surface area contributed by atoms with Gasteiger partial charge in [-0.3, -0.25) is 0 Å². The molecule has 1 aromatic carbocycles. The van der Waals surface area contributed by atoms with E-state index < -0.39 is 17.3 Å². The van der Waals surface area contributed by atoms with Gasteiger partial charge in [0.1, 0.15) is 0 Å². The molecule has 0 radical (unpaired) electrons. The molecular weight excluding hydrogens is 203 g/mol. The highest BCUT2D eigenvalue weighted by Crippen LogP contribution is 2.22. The topological polar surface area (TPSA) is 37.3 Å². The van der Waals surface area contributed by atoms with Crippen LogP contribution in [0.3, 0.4) is 0 Å². The molecule has 0 aliphatic carbocycles. The van der Waals surface area contributed by atoms with Crippen molar-refractivity contribution in [1.29, 1.82) is 0 Å². The molecule has 0 unspecified atom stereocenters. The van der Waals surface area contributed by atoms with Gasteiger partial charge < -0.3 is 5.11 Å². The van der Waals surface area contributed by atoms with Crippen molar-refractivity contribution >= 4 is 30.2 Å². The highest BCUT2D eigenvalue weighted by Gasteiger charge is 2.13. The third-order valence-corrected chi connectivity index (χ3v) is 1.79. The van der Waals surface area contributed by atoms with Crippen molar-refractivity contribution in [2.75, 3.05) is 0 Å². The van der Waals surface area contributed by atoms with E-state index in [0.717, 1.165) is 6.07 Å². The van der Waals surface area contributed by atoms with Gasteiger partial charge in [0.25, 0.3) is 0 Å². The van der Waals surface area contributed by atoms with Gasteiger partial charge in [-0.05, 0) is 12.1 Å². The van der Waals surface area contributed by atoms with Gasteiger partial charge in [-0.2, -0.15) is 0 Å². The lowest BCUT2D eigenvalue weighted by Crippen LogP contribution is -2.00. The van der Waals surface area contributed by atoms with Crippen LogP contribution in [0.25, 0.3) is 0 Å². The van der Waals surface area contributed by atoms with E-state index in [1.807, 2.05) is 0 Å². The van der Waals surface area contributed by atoms with Crippen LogP contribution in [0.4, 0.5) is 4.39 Å². The largest absolute Gasteiger partial charge is 0.478 e. The molecule has 12 heavy (non-hydrogen) atoms. The van der Waals surface area contributed by atoms with Crippen LogP contribution in [-0.4, -0.2) is 11.1 Å². The number of thiol groups is 1. The monoisotopic (exact) mass is 206 g/mol. The minimum absolute atomic E-state index is 0.0695. The standard InChI is InChI=1S/C7H4ClFO2S/c8-3-1-4(7(10)11)6(9)5(12)2-3/h1-2,12H,(H,10,11). The van der Waals surface area contributed by atoms with Crippen LogP contribution < -0.4 is 0 Å². The van der Waals surface area contributed by atoms with Crippen molar-refractivity contribution in [2.45, 2.75) is 4.90 Å². The molecular formula is C7H4ClFO2S. The summed E-state index contributed by atoms with van der Waals surface area (Å²) in [5.41, 5.74) is -0.465. The summed E-state index contributed by atoms with van der Waals surface area (Å²) in [5.74, 6) is -2.22. The van der Waals surface area contributed by atoms with Gasteiger partial charge in [0.05, 0.1) is 5.56 Å². The summed E-state index contributed by atoms with van der Waals surface area (Å²) < 4.78 is 12.9.